The zero-order valence-corrected chi connectivity index (χ0v) is 26.0. The summed E-state index contributed by atoms with van der Waals surface area (Å²) in [6.07, 6.45) is 4.72. The van der Waals surface area contributed by atoms with E-state index in [0.29, 0.717) is 23.8 Å². The molecule has 8 nitrogen and oxygen atoms in total. The van der Waals surface area contributed by atoms with E-state index in [-0.39, 0.29) is 24.3 Å². The van der Waals surface area contributed by atoms with Crippen molar-refractivity contribution >= 4 is 11.6 Å². The summed E-state index contributed by atoms with van der Waals surface area (Å²) >= 11 is 0. The van der Waals surface area contributed by atoms with Gasteiger partial charge in [-0.15, -0.1) is 5.10 Å². The number of rotatable bonds is 12. The van der Waals surface area contributed by atoms with Crippen LogP contribution in [0.15, 0.2) is 72.9 Å². The second-order valence-corrected chi connectivity index (χ2v) is 12.2. The van der Waals surface area contributed by atoms with Crippen molar-refractivity contribution in [3.8, 4) is 5.88 Å². The second-order valence-electron chi connectivity index (χ2n) is 12.2. The maximum absolute atomic E-state index is 12.6. The minimum Gasteiger partial charge on any atom is -0.476 e. The van der Waals surface area contributed by atoms with Gasteiger partial charge in [-0.25, -0.2) is 9.50 Å². The molecular weight excluding hydrogens is 540 g/mol. The average Bonchev–Trinajstić information content (AvgIpc) is 3.43. The maximum Gasteiger partial charge on any atom is 0.317 e. The molecule has 5 rings (SSSR count). The van der Waals surface area contributed by atoms with Crippen LogP contribution in [0.5, 0.6) is 5.88 Å². The first-order valence-corrected chi connectivity index (χ1v) is 15.4. The average molecular weight is 585 g/mol. The highest BCUT2D eigenvalue weighted by Crippen LogP contribution is 2.30. The zero-order valence-electron chi connectivity index (χ0n) is 26.0. The fourth-order valence-corrected chi connectivity index (χ4v) is 5.43. The number of nitrogens with zero attached hydrogens (tertiary/aromatic N) is 4. The van der Waals surface area contributed by atoms with Crippen LogP contribution in [-0.2, 0) is 19.7 Å². The first-order valence-electron chi connectivity index (χ1n) is 15.4. The number of imidazole rings is 1. The number of likely N-dealkylation sites (tertiary alicyclic amines) is 1. The maximum atomic E-state index is 12.6. The molecule has 0 unspecified atom stereocenters. The van der Waals surface area contributed by atoms with Crippen LogP contribution in [0.1, 0.15) is 75.4 Å². The molecule has 0 aliphatic carbocycles. The van der Waals surface area contributed by atoms with E-state index < -0.39 is 5.41 Å². The van der Waals surface area contributed by atoms with E-state index in [2.05, 4.69) is 63.5 Å². The number of hydrogen-bond acceptors (Lipinski definition) is 7. The fourth-order valence-electron chi connectivity index (χ4n) is 5.43. The predicted molar refractivity (Wildman–Crippen MR) is 167 cm³/mol. The smallest absolute Gasteiger partial charge is 0.317 e. The topological polar surface area (TPSA) is 78.2 Å². The van der Waals surface area contributed by atoms with Gasteiger partial charge in [-0.3, -0.25) is 4.79 Å². The van der Waals surface area contributed by atoms with Gasteiger partial charge in [0.05, 0.1) is 30.7 Å². The van der Waals surface area contributed by atoms with Crippen molar-refractivity contribution in [3.05, 3.63) is 95.3 Å². The highest BCUT2D eigenvalue weighted by Gasteiger charge is 2.35. The van der Waals surface area contributed by atoms with Crippen molar-refractivity contribution in [1.82, 2.24) is 19.5 Å². The Morgan fingerprint density at radius 3 is 2.23 bits per heavy atom. The molecule has 1 saturated heterocycles. The minimum atomic E-state index is -0.880. The monoisotopic (exact) mass is 584 g/mol. The van der Waals surface area contributed by atoms with Crippen molar-refractivity contribution < 1.29 is 19.0 Å². The van der Waals surface area contributed by atoms with Crippen LogP contribution >= 0.6 is 0 Å². The molecule has 0 radical (unpaired) electrons. The fraction of sp³-hybridized carbons (Fsp3) is 0.457. The molecule has 0 saturated carbocycles. The number of hydrogen-bond donors (Lipinski definition) is 0. The van der Waals surface area contributed by atoms with Crippen LogP contribution in [0.25, 0.3) is 5.65 Å². The third-order valence-corrected chi connectivity index (χ3v) is 8.01. The normalized spacial score (nSPS) is 15.0. The van der Waals surface area contributed by atoms with Gasteiger partial charge < -0.3 is 19.1 Å². The Morgan fingerprint density at radius 2 is 1.63 bits per heavy atom. The highest BCUT2D eigenvalue weighted by molar-refractivity contribution is 5.82. The zero-order chi connectivity index (χ0) is 30.4. The third kappa shape index (κ3) is 7.61. The van der Waals surface area contributed by atoms with Crippen molar-refractivity contribution in [2.24, 2.45) is 0 Å². The Hall–Kier alpha value is -3.75. The molecule has 4 aromatic rings. The molecule has 43 heavy (non-hydrogen) atoms. The van der Waals surface area contributed by atoms with Gasteiger partial charge >= 0.3 is 5.97 Å². The van der Waals surface area contributed by atoms with Crippen LogP contribution in [0.2, 0.25) is 0 Å². The van der Waals surface area contributed by atoms with Crippen LogP contribution in [-0.4, -0.2) is 63.9 Å². The van der Waals surface area contributed by atoms with Gasteiger partial charge in [0.1, 0.15) is 11.5 Å². The summed E-state index contributed by atoms with van der Waals surface area (Å²) in [7, 11) is 0. The second kappa shape index (κ2) is 13.7. The van der Waals surface area contributed by atoms with E-state index in [9.17, 15) is 4.79 Å². The van der Waals surface area contributed by atoms with Gasteiger partial charge in [-0.2, -0.15) is 0 Å². The summed E-state index contributed by atoms with van der Waals surface area (Å²) in [4.78, 5) is 19.8. The quantitative estimate of drug-likeness (QED) is 0.143. The van der Waals surface area contributed by atoms with E-state index in [1.54, 1.807) is 10.7 Å². The number of ether oxygens (including phenoxy) is 3. The minimum absolute atomic E-state index is 0.0491. The van der Waals surface area contributed by atoms with Crippen molar-refractivity contribution in [2.75, 3.05) is 26.2 Å². The lowest BCUT2D eigenvalue weighted by molar-refractivity contribution is -0.153. The molecule has 0 N–H and O–H groups in total. The first kappa shape index (κ1) is 30.7. The van der Waals surface area contributed by atoms with E-state index in [4.69, 9.17) is 14.2 Å². The number of esters is 1. The van der Waals surface area contributed by atoms with Crippen molar-refractivity contribution in [3.63, 3.8) is 0 Å². The molecule has 0 atom stereocenters. The molecule has 2 aromatic carbocycles. The number of aryl methyl sites for hydroxylation is 1. The van der Waals surface area contributed by atoms with E-state index in [1.807, 2.05) is 52.8 Å². The van der Waals surface area contributed by atoms with Gasteiger partial charge in [0.2, 0.25) is 5.88 Å². The molecule has 228 valence electrons. The molecule has 1 aliphatic rings. The van der Waals surface area contributed by atoms with Gasteiger partial charge in [0, 0.05) is 25.2 Å². The predicted octanol–water partition coefficient (Wildman–Crippen LogP) is 6.31. The number of piperidine rings is 1. The molecule has 2 aromatic heterocycles. The Balaban J connectivity index is 1.11. The lowest BCUT2D eigenvalue weighted by Gasteiger charge is -2.34. The third-order valence-electron chi connectivity index (χ3n) is 8.01. The van der Waals surface area contributed by atoms with Crippen LogP contribution in [0.3, 0.4) is 0 Å². The van der Waals surface area contributed by atoms with Crippen molar-refractivity contribution in [2.45, 2.75) is 77.6 Å². The number of benzene rings is 2. The molecule has 1 fully saturated rings. The van der Waals surface area contributed by atoms with E-state index >= 15 is 0 Å². The molecular formula is C35H44N4O4. The molecule has 8 heteroatoms. The van der Waals surface area contributed by atoms with Crippen LogP contribution in [0, 0.1) is 6.92 Å². The van der Waals surface area contributed by atoms with E-state index in [1.165, 1.54) is 11.1 Å². The summed E-state index contributed by atoms with van der Waals surface area (Å²) in [6.45, 7) is 12.9. The summed E-state index contributed by atoms with van der Waals surface area (Å²) in [5.41, 5.74) is 3.72. The van der Waals surface area contributed by atoms with Gasteiger partial charge in [-0.1, -0.05) is 60.7 Å². The highest BCUT2D eigenvalue weighted by atomic mass is 16.5. The lowest BCUT2D eigenvalue weighted by atomic mass is 9.90. The van der Waals surface area contributed by atoms with E-state index in [0.717, 1.165) is 44.5 Å². The number of carbonyl (C=O) groups excluding carboxylic acids is 1. The number of fused-ring (bicyclic) bond motifs is 1. The summed E-state index contributed by atoms with van der Waals surface area (Å²) in [5, 5.41) is 4.65. The molecule has 0 bridgehead atoms. The molecule has 0 amide bonds. The molecule has 3 heterocycles. The molecule has 1 aliphatic heterocycles. The standard InChI is InChI=1S/C35H44N4O4/c1-25(2)42-34(40)35(4,5)30-24-39-31(36-30)23-26(3)33(37-39)41-22-12-19-38-20-17-29(18-21-38)43-32(27-13-8-6-9-14-27)28-15-10-7-11-16-28/h6-11,13-16,23-25,29,32H,12,17-22H2,1-5H3. The largest absolute Gasteiger partial charge is 0.476 e. The Labute approximate surface area is 255 Å². The Bertz CT molecular complexity index is 1440. The van der Waals surface area contributed by atoms with Gasteiger partial charge in [-0.05, 0) is 71.1 Å². The van der Waals surface area contributed by atoms with Gasteiger partial charge in [0.15, 0.2) is 5.65 Å². The summed E-state index contributed by atoms with van der Waals surface area (Å²) < 4.78 is 19.9. The Morgan fingerprint density at radius 1 is 1.00 bits per heavy atom. The first-order chi connectivity index (χ1) is 20.7. The SMILES string of the molecule is Cc1cc2nc(C(C)(C)C(=O)OC(C)C)cn2nc1OCCCN1CCC(OC(c2ccccc2)c2ccccc2)CC1. The Kier molecular flexibility index (Phi) is 9.78. The lowest BCUT2D eigenvalue weighted by Crippen LogP contribution is -2.38. The number of aromatic nitrogens is 3. The van der Waals surface area contributed by atoms with Gasteiger partial charge in [0.25, 0.3) is 0 Å². The van der Waals surface area contributed by atoms with Crippen molar-refractivity contribution in [1.29, 1.82) is 0 Å². The van der Waals surface area contributed by atoms with Crippen LogP contribution < -0.4 is 4.74 Å². The molecule has 0 spiro atoms. The van der Waals surface area contributed by atoms with Crippen LogP contribution in [0.4, 0.5) is 0 Å². The summed E-state index contributed by atoms with van der Waals surface area (Å²) in [5.74, 6) is 0.279. The summed E-state index contributed by atoms with van der Waals surface area (Å²) in [6, 6.07) is 23.0. The number of carbonyl (C=O) groups is 1.